The van der Waals surface area contributed by atoms with E-state index in [1.54, 1.807) is 36.4 Å². The van der Waals surface area contributed by atoms with Crippen LogP contribution in [0.25, 0.3) is 6.08 Å². The van der Waals surface area contributed by atoms with Crippen LogP contribution >= 0.6 is 35.0 Å². The first-order valence-electron chi connectivity index (χ1n) is 7.01. The van der Waals surface area contributed by atoms with E-state index in [4.69, 9.17) is 28.3 Å². The van der Waals surface area contributed by atoms with Crippen molar-refractivity contribution in [1.29, 1.82) is 0 Å². The second-order valence-corrected chi connectivity index (χ2v) is 6.80. The van der Waals surface area contributed by atoms with Gasteiger partial charge in [0.05, 0.1) is 26.2 Å². The van der Waals surface area contributed by atoms with E-state index in [0.29, 0.717) is 31.4 Å². The summed E-state index contributed by atoms with van der Waals surface area (Å²) in [5, 5.41) is 12.6. The van der Waals surface area contributed by atoms with Gasteiger partial charge in [0.25, 0.3) is 5.91 Å². The van der Waals surface area contributed by atoms with E-state index < -0.39 is 5.97 Å². The molecule has 8 heteroatoms. The quantitative estimate of drug-likeness (QED) is 0.748. The van der Waals surface area contributed by atoms with Gasteiger partial charge in [-0.05, 0) is 47.7 Å². The molecule has 1 amide bonds. The number of hydrogen-bond acceptors (Lipinski definition) is 4. The van der Waals surface area contributed by atoms with Crippen LogP contribution in [0.5, 0.6) is 0 Å². The first-order valence-corrected chi connectivity index (χ1v) is 8.58. The average molecular weight is 393 g/mol. The Morgan fingerprint density at radius 1 is 1.16 bits per heavy atom. The van der Waals surface area contributed by atoms with Crippen LogP contribution in [0.1, 0.15) is 15.9 Å². The number of benzene rings is 2. The zero-order valence-corrected chi connectivity index (χ0v) is 14.8. The number of rotatable bonds is 3. The largest absolute Gasteiger partial charge is 0.478 e. The lowest BCUT2D eigenvalue weighted by Crippen LogP contribution is -2.19. The van der Waals surface area contributed by atoms with E-state index in [2.05, 4.69) is 10.3 Å². The number of carboxylic acids is 1. The number of carbonyl (C=O) groups is 2. The van der Waals surface area contributed by atoms with E-state index in [-0.39, 0.29) is 11.5 Å². The SMILES string of the molecule is O=C1NC(=Nc2cccc(Cl)c2Cl)SC1=Cc1ccc(C(=O)O)cc1. The fourth-order valence-electron chi connectivity index (χ4n) is 2.04. The number of aliphatic imine (C=N–C) groups is 1. The Labute approximate surface area is 157 Å². The molecule has 0 bridgehead atoms. The molecular weight excluding hydrogens is 383 g/mol. The van der Waals surface area contributed by atoms with Crippen LogP contribution in [0.3, 0.4) is 0 Å². The monoisotopic (exact) mass is 392 g/mol. The maximum Gasteiger partial charge on any atom is 0.335 e. The molecule has 1 saturated heterocycles. The molecule has 0 radical (unpaired) electrons. The minimum atomic E-state index is -1.000. The van der Waals surface area contributed by atoms with Gasteiger partial charge >= 0.3 is 5.97 Å². The number of halogens is 2. The van der Waals surface area contributed by atoms with Crippen molar-refractivity contribution in [2.45, 2.75) is 0 Å². The minimum absolute atomic E-state index is 0.184. The predicted molar refractivity (Wildman–Crippen MR) is 101 cm³/mol. The fourth-order valence-corrected chi connectivity index (χ4v) is 3.21. The molecule has 25 heavy (non-hydrogen) atoms. The third kappa shape index (κ3) is 4.04. The Morgan fingerprint density at radius 2 is 1.88 bits per heavy atom. The van der Waals surface area contributed by atoms with Crippen molar-refractivity contribution >= 4 is 63.8 Å². The van der Waals surface area contributed by atoms with Crippen LogP contribution in [0.2, 0.25) is 10.0 Å². The molecule has 0 saturated carbocycles. The van der Waals surface area contributed by atoms with Crippen LogP contribution in [0, 0.1) is 0 Å². The smallest absolute Gasteiger partial charge is 0.335 e. The molecule has 0 atom stereocenters. The number of carbonyl (C=O) groups excluding carboxylic acids is 1. The van der Waals surface area contributed by atoms with E-state index in [9.17, 15) is 9.59 Å². The summed E-state index contributed by atoms with van der Waals surface area (Å²) in [4.78, 5) is 27.7. The maximum atomic E-state index is 12.1. The topological polar surface area (TPSA) is 78.8 Å². The Hall–Kier alpha value is -2.28. The van der Waals surface area contributed by atoms with Crippen LogP contribution in [-0.4, -0.2) is 22.2 Å². The fraction of sp³-hybridized carbons (Fsp3) is 0. The molecule has 1 aliphatic rings. The lowest BCUT2D eigenvalue weighted by molar-refractivity contribution is -0.115. The van der Waals surface area contributed by atoms with Crippen LogP contribution < -0.4 is 5.32 Å². The highest BCUT2D eigenvalue weighted by molar-refractivity contribution is 8.18. The third-order valence-electron chi connectivity index (χ3n) is 3.26. The van der Waals surface area contributed by atoms with Gasteiger partial charge in [0.1, 0.15) is 0 Å². The average Bonchev–Trinajstić information content (AvgIpc) is 2.92. The number of hydrogen-bond donors (Lipinski definition) is 2. The van der Waals surface area contributed by atoms with Crippen molar-refractivity contribution in [3.63, 3.8) is 0 Å². The predicted octanol–water partition coefficient (Wildman–Crippen LogP) is 4.58. The van der Waals surface area contributed by atoms with E-state index in [1.807, 2.05) is 0 Å². The number of amidine groups is 1. The number of carboxylic acid groups (broad SMARTS) is 1. The van der Waals surface area contributed by atoms with Gasteiger partial charge in [0.2, 0.25) is 0 Å². The molecule has 3 rings (SSSR count). The summed E-state index contributed by atoms with van der Waals surface area (Å²) in [6.07, 6.45) is 1.66. The van der Waals surface area contributed by atoms with Crippen molar-refractivity contribution in [2.75, 3.05) is 0 Å². The van der Waals surface area contributed by atoms with Crippen LogP contribution in [-0.2, 0) is 4.79 Å². The molecule has 2 N–H and O–H groups in total. The molecule has 0 aliphatic carbocycles. The highest BCUT2D eigenvalue weighted by atomic mass is 35.5. The van der Waals surface area contributed by atoms with Crippen molar-refractivity contribution in [3.8, 4) is 0 Å². The van der Waals surface area contributed by atoms with Gasteiger partial charge in [-0.15, -0.1) is 0 Å². The van der Waals surface area contributed by atoms with E-state index in [1.165, 1.54) is 23.9 Å². The lowest BCUT2D eigenvalue weighted by Gasteiger charge is -2.00. The second-order valence-electron chi connectivity index (χ2n) is 4.98. The van der Waals surface area contributed by atoms with Gasteiger partial charge in [0.15, 0.2) is 5.17 Å². The van der Waals surface area contributed by atoms with Gasteiger partial charge in [0, 0.05) is 0 Å². The Kier molecular flexibility index (Phi) is 5.13. The molecule has 5 nitrogen and oxygen atoms in total. The zero-order valence-electron chi connectivity index (χ0n) is 12.5. The highest BCUT2D eigenvalue weighted by Gasteiger charge is 2.24. The standard InChI is InChI=1S/C17H10Cl2N2O3S/c18-11-2-1-3-12(14(11)19)20-17-21-15(22)13(25-17)8-9-4-6-10(7-5-9)16(23)24/h1-8H,(H,23,24)(H,20,21,22). The second kappa shape index (κ2) is 7.31. The van der Waals surface area contributed by atoms with Crippen molar-refractivity contribution < 1.29 is 14.7 Å². The van der Waals surface area contributed by atoms with Gasteiger partial charge in [-0.1, -0.05) is 41.4 Å². The normalized spacial score (nSPS) is 17.1. The molecule has 2 aromatic carbocycles. The molecule has 0 spiro atoms. The van der Waals surface area contributed by atoms with E-state index in [0.717, 1.165) is 0 Å². The first kappa shape index (κ1) is 17.5. The summed E-state index contributed by atoms with van der Waals surface area (Å²) in [5.74, 6) is -1.29. The van der Waals surface area contributed by atoms with Gasteiger partial charge < -0.3 is 10.4 Å². The maximum absolute atomic E-state index is 12.1. The van der Waals surface area contributed by atoms with Crippen molar-refractivity contribution in [1.82, 2.24) is 5.32 Å². The summed E-state index contributed by atoms with van der Waals surface area (Å²) >= 11 is 13.2. The number of nitrogens with zero attached hydrogens (tertiary/aromatic N) is 1. The molecule has 2 aromatic rings. The van der Waals surface area contributed by atoms with Crippen molar-refractivity contribution in [2.24, 2.45) is 4.99 Å². The van der Waals surface area contributed by atoms with Crippen LogP contribution in [0.4, 0.5) is 5.69 Å². The third-order valence-corrected chi connectivity index (χ3v) is 4.98. The summed E-state index contributed by atoms with van der Waals surface area (Å²) in [6, 6.07) is 11.3. The molecule has 126 valence electrons. The molecule has 1 heterocycles. The van der Waals surface area contributed by atoms with E-state index >= 15 is 0 Å². The Bertz CT molecular complexity index is 924. The summed E-state index contributed by atoms with van der Waals surface area (Å²) < 4.78 is 0. The van der Waals surface area contributed by atoms with Gasteiger partial charge in [-0.2, -0.15) is 0 Å². The summed E-state index contributed by atoms with van der Waals surface area (Å²) in [5.41, 5.74) is 1.36. The molecule has 1 fully saturated rings. The first-order chi connectivity index (χ1) is 11.9. The number of nitrogens with one attached hydrogen (secondary N) is 1. The highest BCUT2D eigenvalue weighted by Crippen LogP contribution is 2.34. The van der Waals surface area contributed by atoms with Gasteiger partial charge in [-0.3, -0.25) is 4.79 Å². The molecule has 0 aromatic heterocycles. The summed E-state index contributed by atoms with van der Waals surface area (Å²) in [7, 11) is 0. The van der Waals surface area contributed by atoms with Gasteiger partial charge in [-0.25, -0.2) is 9.79 Å². The Morgan fingerprint density at radius 3 is 2.56 bits per heavy atom. The Balaban J connectivity index is 1.83. The minimum Gasteiger partial charge on any atom is -0.478 e. The zero-order chi connectivity index (χ0) is 18.0. The molecular formula is C17H10Cl2N2O3S. The molecule has 1 aliphatic heterocycles. The molecule has 0 unspecified atom stereocenters. The lowest BCUT2D eigenvalue weighted by atomic mass is 10.1. The number of thioether (sulfide) groups is 1. The summed E-state index contributed by atoms with van der Waals surface area (Å²) in [6.45, 7) is 0. The number of amides is 1. The van der Waals surface area contributed by atoms with Crippen molar-refractivity contribution in [3.05, 3.63) is 68.5 Å². The van der Waals surface area contributed by atoms with Crippen LogP contribution in [0.15, 0.2) is 52.4 Å². The number of aromatic carboxylic acids is 1.